The van der Waals surface area contributed by atoms with Crippen LogP contribution in [0.1, 0.15) is 81.2 Å². The summed E-state index contributed by atoms with van der Waals surface area (Å²) < 4.78 is 47.7. The van der Waals surface area contributed by atoms with Gasteiger partial charge in [0.25, 0.3) is 0 Å². The van der Waals surface area contributed by atoms with Gasteiger partial charge in [0.15, 0.2) is 0 Å². The second-order valence-corrected chi connectivity index (χ2v) is 15.0. The molecule has 3 aliphatic carbocycles. The zero-order valence-electron chi connectivity index (χ0n) is 27.5. The number of ether oxygens (including phenoxy) is 3. The lowest BCUT2D eigenvalue weighted by Gasteiger charge is -2.31. The van der Waals surface area contributed by atoms with Crippen LogP contribution in [0.3, 0.4) is 0 Å². The molecule has 9 heteroatoms. The van der Waals surface area contributed by atoms with Crippen molar-refractivity contribution in [3.05, 3.63) is 76.0 Å². The van der Waals surface area contributed by atoms with E-state index >= 15 is 4.39 Å². The predicted octanol–water partition coefficient (Wildman–Crippen LogP) is 6.74. The molecule has 1 aromatic heterocycles. The third-order valence-corrected chi connectivity index (χ3v) is 9.97. The van der Waals surface area contributed by atoms with Crippen molar-refractivity contribution in [2.75, 3.05) is 6.61 Å². The van der Waals surface area contributed by atoms with Gasteiger partial charge in [-0.2, -0.15) is 0 Å². The van der Waals surface area contributed by atoms with E-state index in [1.54, 1.807) is 20.0 Å². The van der Waals surface area contributed by atoms with Crippen LogP contribution in [0.5, 0.6) is 11.6 Å². The molecule has 0 amide bonds. The number of fused-ring (bicyclic) bond motifs is 3. The smallest absolute Gasteiger partial charge is 0.310 e. The van der Waals surface area contributed by atoms with Crippen LogP contribution >= 0.6 is 0 Å². The number of hydrogen-bond donors (Lipinski definition) is 2. The van der Waals surface area contributed by atoms with Crippen molar-refractivity contribution in [1.29, 1.82) is 0 Å². The summed E-state index contributed by atoms with van der Waals surface area (Å²) in [5.74, 6) is -0.428. The molecule has 7 nitrogen and oxygen atoms in total. The number of pyridine rings is 1. The number of rotatable bonds is 8. The van der Waals surface area contributed by atoms with Crippen LogP contribution < -0.4 is 9.47 Å². The Morgan fingerprint density at radius 2 is 1.63 bits per heavy atom. The molecule has 46 heavy (non-hydrogen) atoms. The minimum atomic E-state index is -1.18. The van der Waals surface area contributed by atoms with E-state index in [0.29, 0.717) is 36.6 Å². The van der Waals surface area contributed by atoms with E-state index in [0.717, 1.165) is 34.7 Å². The molecule has 2 saturated carbocycles. The number of esters is 1. The summed E-state index contributed by atoms with van der Waals surface area (Å²) in [6.07, 6.45) is 3.33. The molecule has 246 valence electrons. The first-order valence-corrected chi connectivity index (χ1v) is 16.0. The molecule has 0 bridgehead atoms. The van der Waals surface area contributed by atoms with E-state index in [-0.39, 0.29) is 47.4 Å². The number of carbonyl (C=O) groups is 1. The Morgan fingerprint density at radius 1 is 0.978 bits per heavy atom. The maximum absolute atomic E-state index is 15.2. The summed E-state index contributed by atoms with van der Waals surface area (Å²) in [6.45, 7) is 12.8. The molecule has 2 fully saturated rings. The Kier molecular flexibility index (Phi) is 7.96. The van der Waals surface area contributed by atoms with Crippen molar-refractivity contribution in [2.24, 2.45) is 17.8 Å². The Bertz CT molecular complexity index is 1650. The van der Waals surface area contributed by atoms with Gasteiger partial charge in [-0.1, -0.05) is 0 Å². The van der Waals surface area contributed by atoms with E-state index in [1.165, 1.54) is 6.07 Å². The molecule has 0 radical (unpaired) electrons. The largest absolute Gasteiger partial charge is 0.493 e. The number of carbonyl (C=O) groups excluding carboxylic acids is 1. The summed E-state index contributed by atoms with van der Waals surface area (Å²) in [5.41, 5.74) is 1.85. The lowest BCUT2D eigenvalue weighted by Crippen LogP contribution is -2.44. The van der Waals surface area contributed by atoms with Crippen LogP contribution in [0.15, 0.2) is 36.5 Å². The Balaban J connectivity index is 1.13. The summed E-state index contributed by atoms with van der Waals surface area (Å²) in [7, 11) is 0. The molecule has 2 N–H and O–H groups in total. The van der Waals surface area contributed by atoms with Gasteiger partial charge in [0.1, 0.15) is 29.6 Å². The van der Waals surface area contributed by atoms with Gasteiger partial charge in [-0.25, -0.2) is 13.8 Å². The quantitative estimate of drug-likeness (QED) is 0.265. The third kappa shape index (κ3) is 6.11. The van der Waals surface area contributed by atoms with Crippen molar-refractivity contribution in [2.45, 2.75) is 97.1 Å². The molecule has 6 atom stereocenters. The third-order valence-electron chi connectivity index (χ3n) is 9.97. The minimum absolute atomic E-state index is 0.0117. The van der Waals surface area contributed by atoms with Crippen LogP contribution in [0.4, 0.5) is 8.78 Å². The maximum atomic E-state index is 15.2. The minimum Gasteiger partial charge on any atom is -0.493 e. The number of halogens is 2. The first-order valence-electron chi connectivity index (χ1n) is 16.0. The first-order chi connectivity index (χ1) is 21.4. The van der Waals surface area contributed by atoms with Crippen LogP contribution in [0.2, 0.25) is 0 Å². The highest BCUT2D eigenvalue weighted by Crippen LogP contribution is 2.62. The molecule has 0 aliphatic heterocycles. The highest BCUT2D eigenvalue weighted by molar-refractivity contribution is 5.80. The van der Waals surface area contributed by atoms with Crippen LogP contribution in [0, 0.1) is 43.2 Å². The van der Waals surface area contributed by atoms with Gasteiger partial charge in [0.2, 0.25) is 5.88 Å². The molecule has 3 aliphatic rings. The zero-order chi connectivity index (χ0) is 33.3. The Hall–Kier alpha value is -3.56. The summed E-state index contributed by atoms with van der Waals surface area (Å²) >= 11 is 0. The molecule has 2 aromatic carbocycles. The first kappa shape index (κ1) is 32.4. The van der Waals surface area contributed by atoms with Gasteiger partial charge in [-0.05, 0) is 126 Å². The number of aryl methyl sites for hydroxylation is 2. The van der Waals surface area contributed by atoms with Crippen molar-refractivity contribution in [1.82, 2.24) is 4.98 Å². The average Bonchev–Trinajstić information content (AvgIpc) is 3.44. The lowest BCUT2D eigenvalue weighted by atomic mass is 9.90. The summed E-state index contributed by atoms with van der Waals surface area (Å²) in [5, 5.41) is 21.0. The van der Waals surface area contributed by atoms with Gasteiger partial charge in [-0.3, -0.25) is 4.79 Å². The summed E-state index contributed by atoms with van der Waals surface area (Å²) in [4.78, 5) is 17.0. The van der Waals surface area contributed by atoms with Crippen molar-refractivity contribution in [3.8, 4) is 22.8 Å². The number of aliphatic hydroxyl groups is 2. The Labute approximate surface area is 268 Å². The molecular formula is C37H43F2NO6. The predicted molar refractivity (Wildman–Crippen MR) is 169 cm³/mol. The standard InChI is InChI=1S/C37H43F2NO6/c1-19-8-24(44-17-21-14-36(6,42)37(7,43)15-21)9-20(2)31(19)25-11-23(28(38)13-29(25)39)18-45-30-12-22-10-26-32(27(22)16-40-30)33(26)34(41)46-35(3,4)5/h8-9,11-13,16,21,26,32-33,42-43H,10,14-15,17-18H2,1-7H3/t21-,26-,32-,33+,36+,37-/m1/s1. The fourth-order valence-corrected chi connectivity index (χ4v) is 7.49. The van der Waals surface area contributed by atoms with Crippen LogP contribution in [-0.4, -0.2) is 44.6 Å². The van der Waals surface area contributed by atoms with Gasteiger partial charge in [0.05, 0.1) is 23.7 Å². The van der Waals surface area contributed by atoms with Crippen molar-refractivity contribution >= 4 is 5.97 Å². The Morgan fingerprint density at radius 3 is 2.26 bits per heavy atom. The highest BCUT2D eigenvalue weighted by Gasteiger charge is 2.61. The van der Waals surface area contributed by atoms with Crippen LogP contribution in [0.25, 0.3) is 11.1 Å². The SMILES string of the molecule is Cc1cc(OC[C@@H]2C[C@](C)(O)[C@](C)(O)C2)cc(C)c1-c1cc(COc2cc3c(cn2)[C@H]2[C@@H](C3)[C@@H]2C(=O)OC(C)(C)C)c(F)cc1F. The van der Waals surface area contributed by atoms with Gasteiger partial charge < -0.3 is 24.4 Å². The molecule has 6 rings (SSSR count). The molecule has 0 spiro atoms. The van der Waals surface area contributed by atoms with E-state index in [4.69, 9.17) is 14.2 Å². The molecule has 3 aromatic rings. The van der Waals surface area contributed by atoms with E-state index in [2.05, 4.69) is 4.98 Å². The number of nitrogens with zero attached hydrogens (tertiary/aromatic N) is 1. The van der Waals surface area contributed by atoms with Crippen molar-refractivity contribution in [3.63, 3.8) is 0 Å². The molecule has 1 heterocycles. The number of hydrogen-bond acceptors (Lipinski definition) is 7. The second kappa shape index (κ2) is 11.3. The lowest BCUT2D eigenvalue weighted by molar-refractivity contribution is -0.157. The maximum Gasteiger partial charge on any atom is 0.310 e. The average molecular weight is 636 g/mol. The molecule has 0 saturated heterocycles. The fourth-order valence-electron chi connectivity index (χ4n) is 7.49. The van der Waals surface area contributed by atoms with Crippen LogP contribution in [-0.2, 0) is 22.6 Å². The van der Waals surface area contributed by atoms with Crippen molar-refractivity contribution < 1.29 is 38.0 Å². The summed E-state index contributed by atoms with van der Waals surface area (Å²) in [6, 6.07) is 7.85. The topological polar surface area (TPSA) is 98.1 Å². The molecular weight excluding hydrogens is 592 g/mol. The zero-order valence-corrected chi connectivity index (χ0v) is 27.5. The normalized spacial score (nSPS) is 28.1. The van der Waals surface area contributed by atoms with E-state index in [9.17, 15) is 19.4 Å². The molecule has 0 unspecified atom stereocenters. The highest BCUT2D eigenvalue weighted by atomic mass is 19.1. The monoisotopic (exact) mass is 635 g/mol. The van der Waals surface area contributed by atoms with Gasteiger partial charge in [-0.15, -0.1) is 0 Å². The van der Waals surface area contributed by atoms with Gasteiger partial charge >= 0.3 is 5.97 Å². The van der Waals surface area contributed by atoms with E-state index < -0.39 is 28.4 Å². The van der Waals surface area contributed by atoms with E-state index in [1.807, 2.05) is 52.8 Å². The second-order valence-electron chi connectivity index (χ2n) is 15.0. The van der Waals surface area contributed by atoms with Gasteiger partial charge in [0, 0.05) is 35.4 Å². The number of benzene rings is 2. The number of aromatic nitrogens is 1. The fraction of sp³-hybridized carbons (Fsp3) is 0.514.